The minimum atomic E-state index is -4.07. The van der Waals surface area contributed by atoms with Gasteiger partial charge in [0.2, 0.25) is 5.91 Å². The van der Waals surface area contributed by atoms with Crippen LogP contribution in [-0.4, -0.2) is 32.5 Å². The van der Waals surface area contributed by atoms with Crippen LogP contribution in [0.5, 0.6) is 0 Å². The molecule has 3 aromatic rings. The Bertz CT molecular complexity index is 1420. The zero-order valence-electron chi connectivity index (χ0n) is 20.4. The zero-order chi connectivity index (χ0) is 26.5. The van der Waals surface area contributed by atoms with Crippen LogP contribution in [0.15, 0.2) is 76.7 Å². The van der Waals surface area contributed by atoms with Gasteiger partial charge in [-0.05, 0) is 74.4 Å². The van der Waals surface area contributed by atoms with E-state index in [0.29, 0.717) is 33.2 Å². The monoisotopic (exact) mass is 526 g/mol. The van der Waals surface area contributed by atoms with Crippen molar-refractivity contribution in [2.75, 3.05) is 16.2 Å². The van der Waals surface area contributed by atoms with Gasteiger partial charge in [0, 0.05) is 17.6 Å². The summed E-state index contributed by atoms with van der Waals surface area (Å²) in [5, 5.41) is 7.27. The molecule has 2 amide bonds. The molecule has 0 unspecified atom stereocenters. The molecular formula is C26H27ClN4O4S. The third kappa shape index (κ3) is 6.71. The summed E-state index contributed by atoms with van der Waals surface area (Å²) < 4.78 is 28.1. The molecule has 0 saturated heterocycles. The molecule has 36 heavy (non-hydrogen) atoms. The third-order valence-electron chi connectivity index (χ3n) is 5.27. The Morgan fingerprint density at radius 1 is 0.972 bits per heavy atom. The van der Waals surface area contributed by atoms with Crippen molar-refractivity contribution in [3.05, 3.63) is 88.4 Å². The summed E-state index contributed by atoms with van der Waals surface area (Å²) in [7, 11) is -4.07. The predicted molar refractivity (Wildman–Crippen MR) is 143 cm³/mol. The van der Waals surface area contributed by atoms with Crippen molar-refractivity contribution in [1.82, 2.24) is 5.43 Å². The fraction of sp³-hybridized carbons (Fsp3) is 0.192. The van der Waals surface area contributed by atoms with Gasteiger partial charge in [0.15, 0.2) is 0 Å². The van der Waals surface area contributed by atoms with Crippen LogP contribution in [0.2, 0.25) is 5.02 Å². The molecule has 8 nitrogen and oxygen atoms in total. The topological polar surface area (TPSA) is 108 Å². The molecule has 0 aliphatic carbocycles. The third-order valence-corrected chi connectivity index (χ3v) is 7.28. The van der Waals surface area contributed by atoms with E-state index in [1.54, 1.807) is 68.4 Å². The van der Waals surface area contributed by atoms with Crippen molar-refractivity contribution in [2.45, 2.75) is 32.6 Å². The highest BCUT2D eigenvalue weighted by Gasteiger charge is 2.28. The molecule has 0 radical (unpaired) electrons. The number of rotatable bonds is 8. The highest BCUT2D eigenvalue weighted by atomic mass is 35.5. The summed E-state index contributed by atoms with van der Waals surface area (Å²) in [4.78, 5) is 24.3. The standard InChI is InChI=1S/C26H27ClN4O4S/c1-17-8-11-24(12-9-17)36(34,35)31(25-13-10-22(27)14-18(25)2)16-26(33)30-29-19(3)21-6-5-7-23(15-21)28-20(4)32/h5-15H,16H2,1-4H3,(H,28,32)(H,30,33)/b29-19-. The van der Waals surface area contributed by atoms with Crippen LogP contribution in [-0.2, 0) is 19.6 Å². The average molecular weight is 527 g/mol. The van der Waals surface area contributed by atoms with E-state index in [1.807, 2.05) is 6.92 Å². The van der Waals surface area contributed by atoms with Crippen LogP contribution >= 0.6 is 11.6 Å². The number of hydrogen-bond acceptors (Lipinski definition) is 5. The van der Waals surface area contributed by atoms with Crippen LogP contribution in [0.1, 0.15) is 30.5 Å². The Kier molecular flexibility index (Phi) is 8.49. The van der Waals surface area contributed by atoms with E-state index in [0.717, 1.165) is 9.87 Å². The molecule has 0 aliphatic heterocycles. The molecule has 0 heterocycles. The lowest BCUT2D eigenvalue weighted by Gasteiger charge is -2.25. The first-order valence-electron chi connectivity index (χ1n) is 11.0. The molecule has 3 aromatic carbocycles. The van der Waals surface area contributed by atoms with Crippen molar-refractivity contribution in [3.63, 3.8) is 0 Å². The molecule has 0 bridgehead atoms. The Morgan fingerprint density at radius 2 is 1.67 bits per heavy atom. The van der Waals surface area contributed by atoms with Crippen LogP contribution in [0, 0.1) is 13.8 Å². The summed E-state index contributed by atoms with van der Waals surface area (Å²) in [6.07, 6.45) is 0. The molecule has 2 N–H and O–H groups in total. The van der Waals surface area contributed by atoms with E-state index < -0.39 is 22.5 Å². The second-order valence-corrected chi connectivity index (χ2v) is 10.5. The molecule has 0 spiro atoms. The number of aryl methyl sites for hydroxylation is 2. The first kappa shape index (κ1) is 26.9. The van der Waals surface area contributed by atoms with Crippen LogP contribution in [0.25, 0.3) is 0 Å². The number of benzene rings is 3. The molecular weight excluding hydrogens is 500 g/mol. The van der Waals surface area contributed by atoms with Gasteiger partial charge in [-0.2, -0.15) is 5.10 Å². The second kappa shape index (κ2) is 11.4. The van der Waals surface area contributed by atoms with E-state index in [2.05, 4.69) is 15.8 Å². The summed E-state index contributed by atoms with van der Waals surface area (Å²) in [5.74, 6) is -0.834. The quantitative estimate of drug-likeness (QED) is 0.329. The molecule has 3 rings (SSSR count). The first-order valence-corrected chi connectivity index (χ1v) is 12.9. The van der Waals surface area contributed by atoms with Crippen molar-refractivity contribution in [2.24, 2.45) is 5.10 Å². The lowest BCUT2D eigenvalue weighted by molar-refractivity contribution is -0.119. The fourth-order valence-corrected chi connectivity index (χ4v) is 5.15. The van der Waals surface area contributed by atoms with Crippen LogP contribution < -0.4 is 15.0 Å². The number of amides is 2. The summed E-state index contributed by atoms with van der Waals surface area (Å²) in [6.45, 7) is 6.18. The van der Waals surface area contributed by atoms with Crippen LogP contribution in [0.4, 0.5) is 11.4 Å². The maximum absolute atomic E-state index is 13.5. The van der Waals surface area contributed by atoms with Gasteiger partial charge in [0.25, 0.3) is 15.9 Å². The SMILES string of the molecule is CC(=O)Nc1cccc(/C(C)=N\NC(=O)CN(c2ccc(Cl)cc2C)S(=O)(=O)c2ccc(C)cc2)c1. The molecule has 0 aliphatic rings. The zero-order valence-corrected chi connectivity index (χ0v) is 21.9. The van der Waals surface area contributed by atoms with Crippen molar-refractivity contribution >= 4 is 50.5 Å². The Hall–Kier alpha value is -3.69. The Balaban J connectivity index is 1.88. The van der Waals surface area contributed by atoms with Gasteiger partial charge in [0.05, 0.1) is 16.3 Å². The fourth-order valence-electron chi connectivity index (χ4n) is 3.44. The van der Waals surface area contributed by atoms with E-state index in [4.69, 9.17) is 11.6 Å². The normalized spacial score (nSPS) is 11.6. The first-order chi connectivity index (χ1) is 17.0. The average Bonchev–Trinajstić information content (AvgIpc) is 2.81. The molecule has 0 atom stereocenters. The van der Waals surface area contributed by atoms with Crippen molar-refractivity contribution in [3.8, 4) is 0 Å². The molecule has 0 saturated carbocycles. The Morgan fingerprint density at radius 3 is 2.31 bits per heavy atom. The minimum absolute atomic E-state index is 0.0599. The molecule has 10 heteroatoms. The number of sulfonamides is 1. The lowest BCUT2D eigenvalue weighted by Crippen LogP contribution is -2.40. The number of carbonyl (C=O) groups is 2. The van der Waals surface area contributed by atoms with Crippen molar-refractivity contribution < 1.29 is 18.0 Å². The van der Waals surface area contributed by atoms with Gasteiger partial charge in [0.1, 0.15) is 6.54 Å². The number of carbonyl (C=O) groups excluding carboxylic acids is 2. The highest BCUT2D eigenvalue weighted by Crippen LogP contribution is 2.29. The van der Waals surface area contributed by atoms with Crippen molar-refractivity contribution in [1.29, 1.82) is 0 Å². The number of anilines is 2. The molecule has 188 valence electrons. The molecule has 0 aromatic heterocycles. The second-order valence-electron chi connectivity index (χ2n) is 8.25. The number of nitrogens with zero attached hydrogens (tertiary/aromatic N) is 2. The number of nitrogens with one attached hydrogen (secondary N) is 2. The van der Waals surface area contributed by atoms with Gasteiger partial charge < -0.3 is 5.32 Å². The van der Waals surface area contributed by atoms with E-state index in [-0.39, 0.29) is 10.8 Å². The van der Waals surface area contributed by atoms with Gasteiger partial charge in [-0.3, -0.25) is 13.9 Å². The van der Waals surface area contributed by atoms with Gasteiger partial charge in [-0.1, -0.05) is 41.4 Å². The molecule has 0 fully saturated rings. The largest absolute Gasteiger partial charge is 0.326 e. The van der Waals surface area contributed by atoms with Crippen LogP contribution in [0.3, 0.4) is 0 Å². The minimum Gasteiger partial charge on any atom is -0.326 e. The van der Waals surface area contributed by atoms with E-state index in [9.17, 15) is 18.0 Å². The summed E-state index contributed by atoms with van der Waals surface area (Å²) in [6, 6.07) is 18.2. The van der Waals surface area contributed by atoms with Gasteiger partial charge in [-0.15, -0.1) is 0 Å². The smallest absolute Gasteiger partial charge is 0.264 e. The van der Waals surface area contributed by atoms with Gasteiger partial charge >= 0.3 is 0 Å². The van der Waals surface area contributed by atoms with E-state index in [1.165, 1.54) is 19.1 Å². The number of halogens is 1. The lowest BCUT2D eigenvalue weighted by atomic mass is 10.1. The highest BCUT2D eigenvalue weighted by molar-refractivity contribution is 7.92. The summed E-state index contributed by atoms with van der Waals surface area (Å²) in [5.41, 5.74) is 6.02. The Labute approximate surface area is 216 Å². The number of hydrogen-bond donors (Lipinski definition) is 2. The van der Waals surface area contributed by atoms with E-state index >= 15 is 0 Å². The maximum Gasteiger partial charge on any atom is 0.264 e. The predicted octanol–water partition coefficient (Wildman–Crippen LogP) is 4.65. The van der Waals surface area contributed by atoms with Gasteiger partial charge in [-0.25, -0.2) is 13.8 Å². The maximum atomic E-state index is 13.5. The summed E-state index contributed by atoms with van der Waals surface area (Å²) >= 11 is 6.07. The number of hydrazone groups is 1.